The summed E-state index contributed by atoms with van der Waals surface area (Å²) < 4.78 is 6.34. The lowest BCUT2D eigenvalue weighted by Gasteiger charge is -2.41. The van der Waals surface area contributed by atoms with Crippen LogP contribution < -0.4 is 4.74 Å². The highest BCUT2D eigenvalue weighted by atomic mass is 16.6. The molecule has 3 aromatic carbocycles. The normalized spacial score (nSPS) is 19.1. The van der Waals surface area contributed by atoms with E-state index in [1.165, 1.54) is 12.1 Å². The number of hydrogen-bond acceptors (Lipinski definition) is 6. The van der Waals surface area contributed by atoms with Crippen LogP contribution in [0.3, 0.4) is 0 Å². The van der Waals surface area contributed by atoms with Crippen molar-refractivity contribution in [2.75, 3.05) is 13.1 Å². The number of likely N-dealkylation sites (tertiary alicyclic amines) is 1. The number of carbonyl (C=O) groups excluding carboxylic acids is 1. The maximum atomic E-state index is 13.2. The zero-order chi connectivity index (χ0) is 24.1. The SMILES string of the molecule is CC(C(=O)c1ccccc1[N+](=O)[O-])N1CC[C@@H](Oc2ccc(C#N)cc2)[C@@H](c2ccccc2)C1. The van der Waals surface area contributed by atoms with Gasteiger partial charge in [-0.3, -0.25) is 19.8 Å². The van der Waals surface area contributed by atoms with E-state index in [1.807, 2.05) is 25.1 Å². The largest absolute Gasteiger partial charge is 0.490 e. The van der Waals surface area contributed by atoms with Crippen molar-refractivity contribution >= 4 is 11.5 Å². The molecule has 0 amide bonds. The maximum Gasteiger partial charge on any atom is 0.280 e. The topological polar surface area (TPSA) is 96.5 Å². The summed E-state index contributed by atoms with van der Waals surface area (Å²) in [7, 11) is 0. The summed E-state index contributed by atoms with van der Waals surface area (Å²) in [5.41, 5.74) is 1.64. The van der Waals surface area contributed by atoms with Gasteiger partial charge in [-0.2, -0.15) is 5.26 Å². The highest BCUT2D eigenvalue weighted by Gasteiger charge is 2.36. The zero-order valence-electron chi connectivity index (χ0n) is 18.8. The number of rotatable bonds is 7. The molecule has 0 spiro atoms. The third-order valence-corrected chi connectivity index (χ3v) is 6.37. The number of benzene rings is 3. The lowest BCUT2D eigenvalue weighted by atomic mass is 9.86. The monoisotopic (exact) mass is 455 g/mol. The minimum absolute atomic E-state index is 0.00611. The molecular weight excluding hydrogens is 430 g/mol. The summed E-state index contributed by atoms with van der Waals surface area (Å²) in [4.78, 5) is 26.2. The van der Waals surface area contributed by atoms with Crippen molar-refractivity contribution in [2.45, 2.75) is 31.4 Å². The molecule has 3 aromatic rings. The van der Waals surface area contributed by atoms with Crippen molar-refractivity contribution in [3.8, 4) is 11.8 Å². The molecule has 1 aliphatic rings. The Hall–Kier alpha value is -4.02. The Labute approximate surface area is 198 Å². The van der Waals surface area contributed by atoms with Gasteiger partial charge in [0, 0.05) is 25.1 Å². The van der Waals surface area contributed by atoms with Gasteiger partial charge in [0.2, 0.25) is 0 Å². The highest BCUT2D eigenvalue weighted by Crippen LogP contribution is 2.33. The predicted molar refractivity (Wildman–Crippen MR) is 128 cm³/mol. The molecule has 1 heterocycles. The third kappa shape index (κ3) is 4.98. The first-order valence-corrected chi connectivity index (χ1v) is 11.2. The molecule has 3 atom stereocenters. The Kier molecular flexibility index (Phi) is 7.00. The number of nitrogens with zero attached hydrogens (tertiary/aromatic N) is 3. The standard InChI is InChI=1S/C27H25N3O4/c1-19(27(31)23-9-5-6-10-25(23)30(32)33)29-16-15-26(24(18-29)21-7-3-2-4-8-21)34-22-13-11-20(17-28)12-14-22/h2-14,19,24,26H,15-16,18H2,1H3/t19?,24-,26-/m1/s1. The fraction of sp³-hybridized carbons (Fsp3) is 0.259. The van der Waals surface area contributed by atoms with Gasteiger partial charge in [-0.05, 0) is 49.2 Å². The van der Waals surface area contributed by atoms with Crippen LogP contribution in [0.2, 0.25) is 0 Å². The van der Waals surface area contributed by atoms with E-state index in [4.69, 9.17) is 10.00 Å². The van der Waals surface area contributed by atoms with Crippen molar-refractivity contribution in [2.24, 2.45) is 0 Å². The number of hydrogen-bond donors (Lipinski definition) is 0. The second kappa shape index (κ2) is 10.3. The Bertz CT molecular complexity index is 1200. The summed E-state index contributed by atoms with van der Waals surface area (Å²) >= 11 is 0. The van der Waals surface area contributed by atoms with Crippen molar-refractivity contribution in [3.63, 3.8) is 0 Å². The molecule has 34 heavy (non-hydrogen) atoms. The van der Waals surface area contributed by atoms with Crippen LogP contribution in [0, 0.1) is 21.4 Å². The molecule has 0 aromatic heterocycles. The first-order chi connectivity index (χ1) is 16.5. The molecule has 0 saturated carbocycles. The van der Waals surface area contributed by atoms with Crippen molar-refractivity contribution in [3.05, 3.63) is 106 Å². The predicted octanol–water partition coefficient (Wildman–Crippen LogP) is 4.97. The van der Waals surface area contributed by atoms with E-state index >= 15 is 0 Å². The summed E-state index contributed by atoms with van der Waals surface area (Å²) in [6.07, 6.45) is 0.577. The van der Waals surface area contributed by atoms with E-state index in [0.29, 0.717) is 30.8 Å². The molecule has 0 aliphatic carbocycles. The number of nitriles is 1. The van der Waals surface area contributed by atoms with E-state index in [0.717, 1.165) is 5.56 Å². The molecule has 1 aliphatic heterocycles. The second-order valence-electron chi connectivity index (χ2n) is 8.41. The number of ether oxygens (including phenoxy) is 1. The van der Waals surface area contributed by atoms with Crippen LogP contribution in [0.15, 0.2) is 78.9 Å². The fourth-order valence-electron chi connectivity index (χ4n) is 4.48. The van der Waals surface area contributed by atoms with E-state index in [2.05, 4.69) is 23.1 Å². The van der Waals surface area contributed by atoms with Gasteiger partial charge in [0.15, 0.2) is 5.78 Å². The van der Waals surface area contributed by atoms with E-state index < -0.39 is 11.0 Å². The lowest BCUT2D eigenvalue weighted by molar-refractivity contribution is -0.385. The first kappa shape index (κ1) is 23.1. The van der Waals surface area contributed by atoms with Crippen LogP contribution in [-0.2, 0) is 0 Å². The fourth-order valence-corrected chi connectivity index (χ4v) is 4.48. The average molecular weight is 456 g/mol. The summed E-state index contributed by atoms with van der Waals surface area (Å²) in [5, 5.41) is 20.5. The molecule has 1 unspecified atom stereocenters. The van der Waals surface area contributed by atoms with Gasteiger partial charge in [0.05, 0.1) is 28.2 Å². The molecule has 0 radical (unpaired) electrons. The molecule has 0 bridgehead atoms. The van der Waals surface area contributed by atoms with Gasteiger partial charge >= 0.3 is 0 Å². The molecule has 1 fully saturated rings. The van der Waals surface area contributed by atoms with Crippen LogP contribution in [-0.4, -0.2) is 40.8 Å². The van der Waals surface area contributed by atoms with E-state index in [1.54, 1.807) is 36.4 Å². The first-order valence-electron chi connectivity index (χ1n) is 11.2. The van der Waals surface area contributed by atoms with Gasteiger partial charge in [0.25, 0.3) is 5.69 Å². The van der Waals surface area contributed by atoms with Crippen LogP contribution in [0.1, 0.15) is 40.7 Å². The number of ketones is 1. The number of piperidine rings is 1. The molecular formula is C27H25N3O4. The molecule has 7 heteroatoms. The van der Waals surface area contributed by atoms with E-state index in [-0.39, 0.29) is 29.1 Å². The molecule has 172 valence electrons. The van der Waals surface area contributed by atoms with Crippen LogP contribution in [0.5, 0.6) is 5.75 Å². The van der Waals surface area contributed by atoms with Crippen molar-refractivity contribution < 1.29 is 14.5 Å². The molecule has 7 nitrogen and oxygen atoms in total. The summed E-state index contributed by atoms with van der Waals surface area (Å²) in [6, 6.07) is 24.8. The number of nitro benzene ring substituents is 1. The van der Waals surface area contributed by atoms with Gasteiger partial charge in [-0.15, -0.1) is 0 Å². The average Bonchev–Trinajstić information content (AvgIpc) is 2.89. The van der Waals surface area contributed by atoms with Crippen LogP contribution >= 0.6 is 0 Å². The summed E-state index contributed by atoms with van der Waals surface area (Å²) in [5.74, 6) is 0.444. The van der Waals surface area contributed by atoms with Gasteiger partial charge in [-0.25, -0.2) is 0 Å². The number of para-hydroxylation sites is 1. The van der Waals surface area contributed by atoms with Crippen LogP contribution in [0.25, 0.3) is 0 Å². The highest BCUT2D eigenvalue weighted by molar-refractivity contribution is 6.03. The third-order valence-electron chi connectivity index (χ3n) is 6.37. The smallest absolute Gasteiger partial charge is 0.280 e. The van der Waals surface area contributed by atoms with Gasteiger partial charge < -0.3 is 4.74 Å². The Morgan fingerprint density at radius 2 is 1.76 bits per heavy atom. The number of nitro groups is 1. The molecule has 1 saturated heterocycles. The van der Waals surface area contributed by atoms with Crippen molar-refractivity contribution in [1.82, 2.24) is 4.90 Å². The van der Waals surface area contributed by atoms with Crippen molar-refractivity contribution in [1.29, 1.82) is 5.26 Å². The minimum Gasteiger partial charge on any atom is -0.490 e. The maximum absolute atomic E-state index is 13.2. The van der Waals surface area contributed by atoms with Crippen LogP contribution in [0.4, 0.5) is 5.69 Å². The molecule has 0 N–H and O–H groups in total. The number of carbonyl (C=O) groups is 1. The second-order valence-corrected chi connectivity index (χ2v) is 8.41. The Balaban J connectivity index is 1.56. The van der Waals surface area contributed by atoms with Gasteiger partial charge in [-0.1, -0.05) is 42.5 Å². The quantitative estimate of drug-likeness (QED) is 0.283. The minimum atomic E-state index is -0.511. The zero-order valence-corrected chi connectivity index (χ0v) is 18.8. The Morgan fingerprint density at radius 3 is 2.44 bits per heavy atom. The Morgan fingerprint density at radius 1 is 1.09 bits per heavy atom. The molecule has 4 rings (SSSR count). The number of Topliss-reactive ketones (excluding diaryl/α,β-unsaturated/α-hetero) is 1. The lowest BCUT2D eigenvalue weighted by Crippen LogP contribution is -2.50. The van der Waals surface area contributed by atoms with E-state index in [9.17, 15) is 14.9 Å². The van der Waals surface area contributed by atoms with Gasteiger partial charge in [0.1, 0.15) is 11.9 Å². The summed E-state index contributed by atoms with van der Waals surface area (Å²) in [6.45, 7) is 3.01.